The molecule has 0 radical (unpaired) electrons. The molecule has 54 valence electrons. The van der Waals surface area contributed by atoms with Gasteiger partial charge >= 0.3 is 0 Å². The van der Waals surface area contributed by atoms with Crippen LogP contribution in [0.4, 0.5) is 0 Å². The fourth-order valence-corrected chi connectivity index (χ4v) is 1.47. The Morgan fingerprint density at radius 2 is 1.89 bits per heavy atom. The van der Waals surface area contributed by atoms with Gasteiger partial charge in [-0.05, 0) is 19.8 Å². The van der Waals surface area contributed by atoms with Crippen molar-refractivity contribution in [1.82, 2.24) is 0 Å². The van der Waals surface area contributed by atoms with E-state index in [1.54, 1.807) is 0 Å². The van der Waals surface area contributed by atoms with Crippen LogP contribution in [0.3, 0.4) is 0 Å². The van der Waals surface area contributed by atoms with Gasteiger partial charge in [-0.1, -0.05) is 19.3 Å². The summed E-state index contributed by atoms with van der Waals surface area (Å²) in [5.74, 6) is 0. The number of rotatable bonds is 2. The second-order valence-electron chi connectivity index (χ2n) is 2.72. The summed E-state index contributed by atoms with van der Waals surface area (Å²) >= 11 is 0. The Morgan fingerprint density at radius 1 is 1.22 bits per heavy atom. The molecule has 1 heteroatoms. The van der Waals surface area contributed by atoms with E-state index in [1.807, 2.05) is 0 Å². The molecular formula is C8H16O. The lowest BCUT2D eigenvalue weighted by atomic mass is 9.98. The molecule has 9 heavy (non-hydrogen) atoms. The van der Waals surface area contributed by atoms with Crippen LogP contribution in [-0.2, 0) is 4.74 Å². The molecule has 0 bridgehead atoms. The van der Waals surface area contributed by atoms with Gasteiger partial charge in [0.05, 0.1) is 6.10 Å². The van der Waals surface area contributed by atoms with Crippen molar-refractivity contribution in [2.45, 2.75) is 45.1 Å². The maximum atomic E-state index is 5.48. The van der Waals surface area contributed by atoms with Gasteiger partial charge in [0.1, 0.15) is 0 Å². The minimum absolute atomic E-state index is 0.601. The Labute approximate surface area is 57.4 Å². The molecule has 0 amide bonds. The van der Waals surface area contributed by atoms with Crippen molar-refractivity contribution in [3.63, 3.8) is 0 Å². The van der Waals surface area contributed by atoms with Gasteiger partial charge in [-0.15, -0.1) is 0 Å². The van der Waals surface area contributed by atoms with E-state index in [0.29, 0.717) is 6.10 Å². The number of ether oxygens (including phenoxy) is 1. The van der Waals surface area contributed by atoms with Gasteiger partial charge in [-0.25, -0.2) is 0 Å². The quantitative estimate of drug-likeness (QED) is 0.554. The second-order valence-corrected chi connectivity index (χ2v) is 2.72. The molecule has 0 N–H and O–H groups in total. The molecule has 1 fully saturated rings. The van der Waals surface area contributed by atoms with Crippen LogP contribution in [0.5, 0.6) is 0 Å². The molecule has 0 aromatic rings. The average molecular weight is 128 g/mol. The molecule has 0 unspecified atom stereocenters. The molecule has 0 atom stereocenters. The van der Waals surface area contributed by atoms with E-state index in [9.17, 15) is 0 Å². The molecule has 1 saturated carbocycles. The summed E-state index contributed by atoms with van der Waals surface area (Å²) in [7, 11) is 0. The van der Waals surface area contributed by atoms with Crippen molar-refractivity contribution in [3.8, 4) is 0 Å². The summed E-state index contributed by atoms with van der Waals surface area (Å²) in [4.78, 5) is 0. The van der Waals surface area contributed by atoms with Gasteiger partial charge in [-0.2, -0.15) is 0 Å². The fourth-order valence-electron chi connectivity index (χ4n) is 1.47. The zero-order chi connectivity index (χ0) is 6.53. The van der Waals surface area contributed by atoms with Gasteiger partial charge in [0.15, 0.2) is 0 Å². The normalized spacial score (nSPS) is 22.3. The highest BCUT2D eigenvalue weighted by atomic mass is 16.5. The predicted octanol–water partition coefficient (Wildman–Crippen LogP) is 2.36. The summed E-state index contributed by atoms with van der Waals surface area (Å²) in [5.41, 5.74) is 0. The third kappa shape index (κ3) is 2.35. The van der Waals surface area contributed by atoms with E-state index >= 15 is 0 Å². The molecule has 0 aromatic heterocycles. The average Bonchev–Trinajstić information content (AvgIpc) is 1.91. The second kappa shape index (κ2) is 3.89. The van der Waals surface area contributed by atoms with E-state index in [0.717, 1.165) is 6.61 Å². The first-order valence-corrected chi connectivity index (χ1v) is 4.05. The summed E-state index contributed by atoms with van der Waals surface area (Å²) < 4.78 is 5.48. The molecule has 1 nitrogen and oxygen atoms in total. The van der Waals surface area contributed by atoms with Crippen LogP contribution in [0.2, 0.25) is 0 Å². The monoisotopic (exact) mass is 128 g/mol. The Bertz CT molecular complexity index is 62.2. The van der Waals surface area contributed by atoms with E-state index in [4.69, 9.17) is 4.74 Å². The number of hydrogen-bond donors (Lipinski definition) is 0. The minimum Gasteiger partial charge on any atom is -0.379 e. The molecule has 1 rings (SSSR count). The van der Waals surface area contributed by atoms with Gasteiger partial charge in [0, 0.05) is 6.61 Å². The topological polar surface area (TPSA) is 9.23 Å². The van der Waals surface area contributed by atoms with Crippen LogP contribution in [0.1, 0.15) is 39.0 Å². The van der Waals surface area contributed by atoms with Gasteiger partial charge < -0.3 is 4.74 Å². The van der Waals surface area contributed by atoms with Crippen LogP contribution in [0.25, 0.3) is 0 Å². The van der Waals surface area contributed by atoms with E-state index in [1.165, 1.54) is 32.1 Å². The summed E-state index contributed by atoms with van der Waals surface area (Å²) in [6.45, 7) is 2.97. The van der Waals surface area contributed by atoms with Crippen molar-refractivity contribution in [1.29, 1.82) is 0 Å². The van der Waals surface area contributed by atoms with E-state index < -0.39 is 0 Å². The highest BCUT2D eigenvalue weighted by Crippen LogP contribution is 2.19. The zero-order valence-electron chi connectivity index (χ0n) is 6.23. The van der Waals surface area contributed by atoms with Crippen LogP contribution in [-0.4, -0.2) is 12.7 Å². The van der Waals surface area contributed by atoms with Crippen molar-refractivity contribution in [3.05, 3.63) is 0 Å². The minimum atomic E-state index is 0.601. The first kappa shape index (κ1) is 7.07. The summed E-state index contributed by atoms with van der Waals surface area (Å²) in [6, 6.07) is 0. The molecule has 0 aliphatic heterocycles. The third-order valence-corrected chi connectivity index (χ3v) is 1.95. The fraction of sp³-hybridized carbons (Fsp3) is 1.00. The Morgan fingerprint density at radius 3 is 2.44 bits per heavy atom. The highest BCUT2D eigenvalue weighted by Gasteiger charge is 2.11. The maximum Gasteiger partial charge on any atom is 0.0575 e. The smallest absolute Gasteiger partial charge is 0.0575 e. The molecule has 1 aliphatic carbocycles. The largest absolute Gasteiger partial charge is 0.379 e. The lowest BCUT2D eigenvalue weighted by Gasteiger charge is -2.20. The predicted molar refractivity (Wildman–Crippen MR) is 38.5 cm³/mol. The maximum absolute atomic E-state index is 5.48. The van der Waals surface area contributed by atoms with Crippen LogP contribution >= 0.6 is 0 Å². The van der Waals surface area contributed by atoms with Gasteiger partial charge in [-0.3, -0.25) is 0 Å². The SMILES string of the molecule is CCOC1CCCCC1. The Kier molecular flexibility index (Phi) is 3.05. The van der Waals surface area contributed by atoms with E-state index in [-0.39, 0.29) is 0 Å². The first-order chi connectivity index (χ1) is 4.43. The Balaban J connectivity index is 2.08. The van der Waals surface area contributed by atoms with Crippen molar-refractivity contribution >= 4 is 0 Å². The van der Waals surface area contributed by atoms with Crippen molar-refractivity contribution < 1.29 is 4.74 Å². The summed E-state index contributed by atoms with van der Waals surface area (Å²) in [5, 5.41) is 0. The molecular weight excluding hydrogens is 112 g/mol. The first-order valence-electron chi connectivity index (χ1n) is 4.05. The summed E-state index contributed by atoms with van der Waals surface area (Å²) in [6.07, 6.45) is 7.38. The standard InChI is InChI=1S/C8H16O/c1-2-9-8-6-4-3-5-7-8/h8H,2-7H2,1H3. The highest BCUT2D eigenvalue weighted by molar-refractivity contribution is 4.64. The van der Waals surface area contributed by atoms with Crippen molar-refractivity contribution in [2.24, 2.45) is 0 Å². The van der Waals surface area contributed by atoms with Gasteiger partial charge in [0.25, 0.3) is 0 Å². The third-order valence-electron chi connectivity index (χ3n) is 1.95. The van der Waals surface area contributed by atoms with Crippen LogP contribution < -0.4 is 0 Å². The van der Waals surface area contributed by atoms with Crippen LogP contribution in [0.15, 0.2) is 0 Å². The molecule has 0 saturated heterocycles. The number of hydrogen-bond acceptors (Lipinski definition) is 1. The molecule has 0 spiro atoms. The van der Waals surface area contributed by atoms with Crippen molar-refractivity contribution in [2.75, 3.05) is 6.61 Å². The molecule has 1 aliphatic rings. The molecule has 0 aromatic carbocycles. The molecule has 0 heterocycles. The zero-order valence-corrected chi connectivity index (χ0v) is 6.23. The van der Waals surface area contributed by atoms with E-state index in [2.05, 4.69) is 6.92 Å². The van der Waals surface area contributed by atoms with Gasteiger partial charge in [0.2, 0.25) is 0 Å². The van der Waals surface area contributed by atoms with Crippen LogP contribution in [0, 0.1) is 0 Å². The Hall–Kier alpha value is -0.0400. The lowest BCUT2D eigenvalue weighted by molar-refractivity contribution is 0.0368. The lowest BCUT2D eigenvalue weighted by Crippen LogP contribution is -2.15.